The molecule has 1 atom stereocenters. The topological polar surface area (TPSA) is 88.8 Å². The van der Waals surface area contributed by atoms with Gasteiger partial charge in [-0.2, -0.15) is 0 Å². The summed E-state index contributed by atoms with van der Waals surface area (Å²) in [6, 6.07) is 18.0. The average Bonchev–Trinajstić information content (AvgIpc) is 3.57. The second-order valence-corrected chi connectivity index (χ2v) is 8.22. The Morgan fingerprint density at radius 1 is 1.00 bits per heavy atom. The van der Waals surface area contributed by atoms with E-state index in [1.54, 1.807) is 43.3 Å². The van der Waals surface area contributed by atoms with Crippen molar-refractivity contribution in [1.29, 1.82) is 0 Å². The maximum absolute atomic E-state index is 13.6. The van der Waals surface area contributed by atoms with E-state index in [9.17, 15) is 14.4 Å². The Morgan fingerprint density at radius 2 is 1.71 bits per heavy atom. The van der Waals surface area contributed by atoms with Crippen LogP contribution in [0.15, 0.2) is 77.4 Å². The molecule has 1 aromatic heterocycles. The molecule has 176 valence electrons. The molecule has 0 saturated heterocycles. The summed E-state index contributed by atoms with van der Waals surface area (Å²) in [7, 11) is 0. The van der Waals surface area contributed by atoms with Gasteiger partial charge in [-0.1, -0.05) is 43.2 Å². The van der Waals surface area contributed by atoms with Gasteiger partial charge in [-0.15, -0.1) is 0 Å². The minimum atomic E-state index is -0.923. The summed E-state index contributed by atoms with van der Waals surface area (Å²) in [4.78, 5) is 40.8. The van der Waals surface area contributed by atoms with Gasteiger partial charge in [0.2, 0.25) is 5.91 Å². The third-order valence-corrected chi connectivity index (χ3v) is 5.93. The van der Waals surface area contributed by atoms with Crippen molar-refractivity contribution in [3.05, 3.63) is 89.9 Å². The van der Waals surface area contributed by atoms with Gasteiger partial charge in [-0.05, 0) is 61.7 Å². The Kier molecular flexibility index (Phi) is 7.42. The predicted octanol–water partition coefficient (Wildman–Crippen LogP) is 4.90. The maximum Gasteiger partial charge on any atom is 0.338 e. The number of rotatable bonds is 8. The van der Waals surface area contributed by atoms with E-state index in [1.165, 1.54) is 11.2 Å². The van der Waals surface area contributed by atoms with E-state index < -0.39 is 17.9 Å². The van der Waals surface area contributed by atoms with Gasteiger partial charge in [-0.3, -0.25) is 14.5 Å². The number of hydrogen-bond donors (Lipinski definition) is 1. The molecule has 0 radical (unpaired) electrons. The highest BCUT2D eigenvalue weighted by molar-refractivity contribution is 6.09. The lowest BCUT2D eigenvalue weighted by atomic mass is 10.0. The summed E-state index contributed by atoms with van der Waals surface area (Å²) < 4.78 is 10.5. The van der Waals surface area contributed by atoms with Crippen LogP contribution in [0.5, 0.6) is 0 Å². The summed E-state index contributed by atoms with van der Waals surface area (Å²) in [5.74, 6) is -1.04. The Labute approximate surface area is 198 Å². The van der Waals surface area contributed by atoms with Crippen LogP contribution in [-0.4, -0.2) is 30.4 Å². The fourth-order valence-electron chi connectivity index (χ4n) is 4.28. The molecule has 7 heteroatoms. The Bertz CT molecular complexity index is 1100. The molecule has 3 aromatic rings. The third-order valence-electron chi connectivity index (χ3n) is 5.93. The molecule has 0 spiro atoms. The normalized spacial score (nSPS) is 14.4. The van der Waals surface area contributed by atoms with Crippen LogP contribution in [0, 0.1) is 0 Å². The van der Waals surface area contributed by atoms with Crippen LogP contribution >= 0.6 is 0 Å². The number of hydrogen-bond acceptors (Lipinski definition) is 5. The highest BCUT2D eigenvalue weighted by Gasteiger charge is 2.35. The molecule has 1 aliphatic rings. The maximum atomic E-state index is 13.6. The molecule has 1 heterocycles. The molecule has 1 saturated carbocycles. The molecule has 1 fully saturated rings. The lowest BCUT2D eigenvalue weighted by molar-refractivity contribution is -0.123. The zero-order chi connectivity index (χ0) is 23.9. The third kappa shape index (κ3) is 5.20. The number of furan rings is 1. The fraction of sp³-hybridized carbons (Fsp3) is 0.296. The number of anilines is 1. The van der Waals surface area contributed by atoms with Gasteiger partial charge < -0.3 is 14.5 Å². The summed E-state index contributed by atoms with van der Waals surface area (Å²) in [5.41, 5.74) is 1.50. The minimum Gasteiger partial charge on any atom is -0.462 e. The SMILES string of the molecule is CCOC(=O)c1ccc(N(C(=O)c2ccco2)[C@@H](C(=O)NC2CCCC2)c2ccccc2)cc1. The van der Waals surface area contributed by atoms with Crippen molar-refractivity contribution < 1.29 is 23.5 Å². The van der Waals surface area contributed by atoms with E-state index in [1.807, 2.05) is 30.3 Å². The largest absolute Gasteiger partial charge is 0.462 e. The molecule has 0 bridgehead atoms. The van der Waals surface area contributed by atoms with Crippen LogP contribution in [0.2, 0.25) is 0 Å². The van der Waals surface area contributed by atoms with Crippen molar-refractivity contribution >= 4 is 23.5 Å². The molecule has 0 unspecified atom stereocenters. The number of amides is 2. The quantitative estimate of drug-likeness (QED) is 0.483. The Hall–Kier alpha value is -3.87. The smallest absolute Gasteiger partial charge is 0.338 e. The number of carbonyl (C=O) groups is 3. The van der Waals surface area contributed by atoms with Crippen LogP contribution in [0.3, 0.4) is 0 Å². The summed E-state index contributed by atoms with van der Waals surface area (Å²) in [5, 5.41) is 3.14. The zero-order valence-electron chi connectivity index (χ0n) is 19.1. The Morgan fingerprint density at radius 3 is 2.32 bits per heavy atom. The van der Waals surface area contributed by atoms with Gasteiger partial charge in [0.05, 0.1) is 18.4 Å². The van der Waals surface area contributed by atoms with Crippen LogP contribution < -0.4 is 10.2 Å². The van der Waals surface area contributed by atoms with Crippen molar-refractivity contribution in [2.75, 3.05) is 11.5 Å². The lowest BCUT2D eigenvalue weighted by Crippen LogP contribution is -2.46. The summed E-state index contributed by atoms with van der Waals surface area (Å²) in [6.07, 6.45) is 5.42. The van der Waals surface area contributed by atoms with Gasteiger partial charge in [0, 0.05) is 11.7 Å². The number of benzene rings is 2. The van der Waals surface area contributed by atoms with E-state index in [-0.39, 0.29) is 24.3 Å². The molecular weight excluding hydrogens is 432 g/mol. The van der Waals surface area contributed by atoms with E-state index in [4.69, 9.17) is 9.15 Å². The summed E-state index contributed by atoms with van der Waals surface area (Å²) in [6.45, 7) is 2.00. The number of nitrogens with zero attached hydrogens (tertiary/aromatic N) is 1. The standard InChI is InChI=1S/C27H28N2O5/c1-2-33-27(32)20-14-16-22(17-15-20)29(26(31)23-13-8-18-34-23)24(19-9-4-3-5-10-19)25(30)28-21-11-6-7-12-21/h3-5,8-10,13-18,21,24H,2,6-7,11-12H2,1H3,(H,28,30)/t24-/m1/s1. The molecule has 1 N–H and O–H groups in total. The minimum absolute atomic E-state index is 0.0884. The lowest BCUT2D eigenvalue weighted by Gasteiger charge is -2.32. The number of ether oxygens (including phenoxy) is 1. The predicted molar refractivity (Wildman–Crippen MR) is 127 cm³/mol. The first kappa shape index (κ1) is 23.3. The number of carbonyl (C=O) groups excluding carboxylic acids is 3. The summed E-state index contributed by atoms with van der Waals surface area (Å²) >= 11 is 0. The molecular formula is C27H28N2O5. The van der Waals surface area contributed by atoms with Crippen LogP contribution in [0.1, 0.15) is 65.1 Å². The molecule has 34 heavy (non-hydrogen) atoms. The molecule has 1 aliphatic carbocycles. The number of esters is 1. The fourth-order valence-corrected chi connectivity index (χ4v) is 4.28. The van der Waals surface area contributed by atoms with Crippen molar-refractivity contribution in [1.82, 2.24) is 5.32 Å². The van der Waals surface area contributed by atoms with E-state index in [0.717, 1.165) is 25.7 Å². The van der Waals surface area contributed by atoms with E-state index in [0.29, 0.717) is 16.8 Å². The van der Waals surface area contributed by atoms with Crippen LogP contribution in [0.4, 0.5) is 5.69 Å². The second-order valence-electron chi connectivity index (χ2n) is 8.22. The zero-order valence-corrected chi connectivity index (χ0v) is 19.1. The highest BCUT2D eigenvalue weighted by atomic mass is 16.5. The van der Waals surface area contributed by atoms with Gasteiger partial charge in [0.25, 0.3) is 5.91 Å². The van der Waals surface area contributed by atoms with Gasteiger partial charge in [-0.25, -0.2) is 4.79 Å². The first-order chi connectivity index (χ1) is 16.6. The molecule has 0 aliphatic heterocycles. The number of nitrogens with one attached hydrogen (secondary N) is 1. The first-order valence-corrected chi connectivity index (χ1v) is 11.6. The van der Waals surface area contributed by atoms with Crippen molar-refractivity contribution in [3.63, 3.8) is 0 Å². The van der Waals surface area contributed by atoms with Crippen molar-refractivity contribution in [3.8, 4) is 0 Å². The average molecular weight is 461 g/mol. The van der Waals surface area contributed by atoms with Crippen molar-refractivity contribution in [2.45, 2.75) is 44.7 Å². The van der Waals surface area contributed by atoms with Crippen LogP contribution in [0.25, 0.3) is 0 Å². The molecule has 2 amide bonds. The molecule has 7 nitrogen and oxygen atoms in total. The first-order valence-electron chi connectivity index (χ1n) is 11.6. The van der Waals surface area contributed by atoms with E-state index >= 15 is 0 Å². The van der Waals surface area contributed by atoms with Gasteiger partial charge >= 0.3 is 5.97 Å². The van der Waals surface area contributed by atoms with E-state index in [2.05, 4.69) is 5.32 Å². The molecule has 2 aromatic carbocycles. The monoisotopic (exact) mass is 460 g/mol. The van der Waals surface area contributed by atoms with Crippen molar-refractivity contribution in [2.24, 2.45) is 0 Å². The second kappa shape index (κ2) is 10.8. The molecule has 4 rings (SSSR count). The van der Waals surface area contributed by atoms with Gasteiger partial charge in [0.15, 0.2) is 5.76 Å². The highest BCUT2D eigenvalue weighted by Crippen LogP contribution is 2.31. The van der Waals surface area contributed by atoms with Crippen LogP contribution in [-0.2, 0) is 9.53 Å². The van der Waals surface area contributed by atoms with Gasteiger partial charge in [0.1, 0.15) is 6.04 Å². The Balaban J connectivity index is 1.76.